The van der Waals surface area contributed by atoms with Gasteiger partial charge in [0.25, 0.3) is 0 Å². The van der Waals surface area contributed by atoms with Crippen LogP contribution < -0.4 is 0 Å². The first-order chi connectivity index (χ1) is 11.5. The molecule has 1 aromatic carbocycles. The van der Waals surface area contributed by atoms with Crippen LogP contribution in [-0.2, 0) is 9.47 Å². The highest BCUT2D eigenvalue weighted by atomic mass is 16.6. The molecule has 0 aromatic heterocycles. The van der Waals surface area contributed by atoms with Gasteiger partial charge in [0.2, 0.25) is 12.6 Å². The van der Waals surface area contributed by atoms with E-state index in [0.717, 1.165) is 0 Å². The lowest BCUT2D eigenvalue weighted by molar-refractivity contribution is -0.0719. The van der Waals surface area contributed by atoms with Crippen molar-refractivity contribution in [3.05, 3.63) is 35.4 Å². The molecule has 8 heteroatoms. The van der Waals surface area contributed by atoms with Crippen LogP contribution in [0.15, 0.2) is 24.3 Å². The Morgan fingerprint density at radius 3 is 1.42 bits per heavy atom. The minimum Gasteiger partial charge on any atom is -0.432 e. The van der Waals surface area contributed by atoms with Crippen LogP contribution in [0.3, 0.4) is 0 Å². The average Bonchev–Trinajstić information content (AvgIpc) is 2.58. The van der Waals surface area contributed by atoms with Gasteiger partial charge in [-0.1, -0.05) is 0 Å². The molecule has 1 aromatic rings. The maximum atomic E-state index is 11.8. The van der Waals surface area contributed by atoms with E-state index in [0.29, 0.717) is 12.8 Å². The number of aliphatic hydroxyl groups is 4. The fraction of sp³-hybridized carbons (Fsp3) is 0.500. The van der Waals surface area contributed by atoms with Crippen molar-refractivity contribution in [3.63, 3.8) is 0 Å². The summed E-state index contributed by atoms with van der Waals surface area (Å²) in [5.41, 5.74) is 0.269. The third-order valence-electron chi connectivity index (χ3n) is 3.06. The zero-order chi connectivity index (χ0) is 17.9. The van der Waals surface area contributed by atoms with Gasteiger partial charge in [-0.05, 0) is 37.1 Å². The molecular formula is C16H22O8. The summed E-state index contributed by atoms with van der Waals surface area (Å²) in [6.45, 7) is -0.231. The van der Waals surface area contributed by atoms with Crippen molar-refractivity contribution in [3.8, 4) is 0 Å². The van der Waals surface area contributed by atoms with Crippen LogP contribution in [0.2, 0.25) is 0 Å². The lowest BCUT2D eigenvalue weighted by atomic mass is 10.1. The zero-order valence-corrected chi connectivity index (χ0v) is 13.1. The number of rotatable bonds is 10. The monoisotopic (exact) mass is 342 g/mol. The molecule has 8 nitrogen and oxygen atoms in total. The van der Waals surface area contributed by atoms with E-state index in [1.165, 1.54) is 24.3 Å². The standard InChI is InChI=1S/C16H22O8/c17-9-1-3-13(19)23-15(21)11-5-7-12(8-6-11)16(22)24-14(20)4-2-10-18/h5-8,13-14,17-20H,1-4,9-10H2. The largest absolute Gasteiger partial charge is 0.432 e. The van der Waals surface area contributed by atoms with E-state index in [4.69, 9.17) is 19.7 Å². The third kappa shape index (κ3) is 7.05. The van der Waals surface area contributed by atoms with Gasteiger partial charge in [0.1, 0.15) is 0 Å². The van der Waals surface area contributed by atoms with Gasteiger partial charge >= 0.3 is 11.9 Å². The Morgan fingerprint density at radius 1 is 0.792 bits per heavy atom. The molecule has 24 heavy (non-hydrogen) atoms. The van der Waals surface area contributed by atoms with Gasteiger partial charge in [0.05, 0.1) is 11.1 Å². The average molecular weight is 342 g/mol. The maximum Gasteiger partial charge on any atom is 0.340 e. The normalized spacial score (nSPS) is 13.2. The zero-order valence-electron chi connectivity index (χ0n) is 13.1. The summed E-state index contributed by atoms with van der Waals surface area (Å²) < 4.78 is 9.55. The summed E-state index contributed by atoms with van der Waals surface area (Å²) in [4.78, 5) is 23.5. The van der Waals surface area contributed by atoms with Gasteiger partial charge in [-0.15, -0.1) is 0 Å². The molecule has 2 unspecified atom stereocenters. The Kier molecular flexibility index (Phi) is 8.95. The summed E-state index contributed by atoms with van der Waals surface area (Å²) in [6.07, 6.45) is -1.76. The Balaban J connectivity index is 2.55. The van der Waals surface area contributed by atoms with E-state index in [2.05, 4.69) is 0 Å². The number of hydrogen-bond donors (Lipinski definition) is 4. The van der Waals surface area contributed by atoms with E-state index in [9.17, 15) is 19.8 Å². The Morgan fingerprint density at radius 2 is 1.12 bits per heavy atom. The second-order valence-corrected chi connectivity index (χ2v) is 5.03. The van der Waals surface area contributed by atoms with Crippen molar-refractivity contribution in [1.82, 2.24) is 0 Å². The van der Waals surface area contributed by atoms with Crippen molar-refractivity contribution in [1.29, 1.82) is 0 Å². The fourth-order valence-corrected chi connectivity index (χ4v) is 1.78. The molecule has 0 aliphatic carbocycles. The second-order valence-electron chi connectivity index (χ2n) is 5.03. The van der Waals surface area contributed by atoms with E-state index < -0.39 is 24.5 Å². The number of carbonyl (C=O) groups is 2. The minimum absolute atomic E-state index is 0.116. The van der Waals surface area contributed by atoms with Gasteiger partial charge in [-0.2, -0.15) is 0 Å². The van der Waals surface area contributed by atoms with E-state index in [1.807, 2.05) is 0 Å². The SMILES string of the molecule is O=C(OC(O)CCCO)c1ccc(C(=O)OC(O)CCCO)cc1. The van der Waals surface area contributed by atoms with Crippen molar-refractivity contribution in [2.45, 2.75) is 38.3 Å². The summed E-state index contributed by atoms with van der Waals surface area (Å²) >= 11 is 0. The van der Waals surface area contributed by atoms with Crippen LogP contribution in [0.25, 0.3) is 0 Å². The van der Waals surface area contributed by atoms with E-state index >= 15 is 0 Å². The molecule has 0 amide bonds. The predicted octanol–water partition coefficient (Wildman–Crippen LogP) is 0.182. The predicted molar refractivity (Wildman–Crippen MR) is 81.9 cm³/mol. The molecule has 0 radical (unpaired) electrons. The maximum absolute atomic E-state index is 11.8. The fourth-order valence-electron chi connectivity index (χ4n) is 1.78. The molecule has 0 fully saturated rings. The molecule has 0 aliphatic rings. The second kappa shape index (κ2) is 10.7. The highest BCUT2D eigenvalue weighted by Gasteiger charge is 2.16. The van der Waals surface area contributed by atoms with Gasteiger partial charge in [0.15, 0.2) is 0 Å². The van der Waals surface area contributed by atoms with Crippen LogP contribution in [-0.4, -0.2) is 58.2 Å². The highest BCUT2D eigenvalue weighted by Crippen LogP contribution is 2.11. The van der Waals surface area contributed by atoms with Crippen molar-refractivity contribution in [2.75, 3.05) is 13.2 Å². The molecule has 2 atom stereocenters. The summed E-state index contributed by atoms with van der Waals surface area (Å²) in [5, 5.41) is 36.2. The number of hydrogen-bond acceptors (Lipinski definition) is 8. The van der Waals surface area contributed by atoms with E-state index in [1.54, 1.807) is 0 Å². The Hall–Kier alpha value is -2.00. The van der Waals surface area contributed by atoms with Crippen LogP contribution in [0.1, 0.15) is 46.4 Å². The summed E-state index contributed by atoms with van der Waals surface area (Å²) in [7, 11) is 0. The minimum atomic E-state index is -1.31. The topological polar surface area (TPSA) is 134 Å². The van der Waals surface area contributed by atoms with Gasteiger partial charge < -0.3 is 29.9 Å². The molecule has 0 bridgehead atoms. The van der Waals surface area contributed by atoms with E-state index in [-0.39, 0.29) is 37.2 Å². The molecule has 4 N–H and O–H groups in total. The molecular weight excluding hydrogens is 320 g/mol. The number of benzene rings is 1. The Labute approximate surface area is 139 Å². The lowest BCUT2D eigenvalue weighted by Gasteiger charge is -2.12. The van der Waals surface area contributed by atoms with Gasteiger partial charge in [0, 0.05) is 26.1 Å². The lowest BCUT2D eigenvalue weighted by Crippen LogP contribution is -2.19. The summed E-state index contributed by atoms with van der Waals surface area (Å²) in [5.74, 6) is -1.52. The molecule has 0 saturated heterocycles. The number of ether oxygens (including phenoxy) is 2. The van der Waals surface area contributed by atoms with Crippen LogP contribution in [0.5, 0.6) is 0 Å². The number of esters is 2. The summed E-state index contributed by atoms with van der Waals surface area (Å²) in [6, 6.07) is 5.32. The molecule has 0 saturated carbocycles. The highest BCUT2D eigenvalue weighted by molar-refractivity contribution is 5.93. The first-order valence-corrected chi connectivity index (χ1v) is 7.57. The van der Waals surface area contributed by atoms with Crippen LogP contribution in [0, 0.1) is 0 Å². The van der Waals surface area contributed by atoms with Crippen molar-refractivity contribution in [2.24, 2.45) is 0 Å². The first kappa shape index (κ1) is 20.0. The Bertz CT molecular complexity index is 466. The molecule has 0 spiro atoms. The first-order valence-electron chi connectivity index (χ1n) is 7.57. The molecule has 134 valence electrons. The van der Waals surface area contributed by atoms with Crippen LogP contribution >= 0.6 is 0 Å². The smallest absolute Gasteiger partial charge is 0.340 e. The van der Waals surface area contributed by atoms with Crippen molar-refractivity contribution < 1.29 is 39.5 Å². The van der Waals surface area contributed by atoms with Gasteiger partial charge in [-0.3, -0.25) is 0 Å². The van der Waals surface area contributed by atoms with Crippen molar-refractivity contribution >= 4 is 11.9 Å². The number of carbonyl (C=O) groups excluding carboxylic acids is 2. The van der Waals surface area contributed by atoms with Gasteiger partial charge in [-0.25, -0.2) is 9.59 Å². The molecule has 0 heterocycles. The quantitative estimate of drug-likeness (QED) is 0.349. The molecule has 0 aliphatic heterocycles. The number of aliphatic hydroxyl groups excluding tert-OH is 4. The third-order valence-corrected chi connectivity index (χ3v) is 3.06. The molecule has 1 rings (SSSR count). The van der Waals surface area contributed by atoms with Crippen LogP contribution in [0.4, 0.5) is 0 Å².